The lowest BCUT2D eigenvalue weighted by atomic mass is 9.90. The fourth-order valence-corrected chi connectivity index (χ4v) is 10.8. The summed E-state index contributed by atoms with van der Waals surface area (Å²) in [6.07, 6.45) is 1.92. The van der Waals surface area contributed by atoms with Crippen molar-refractivity contribution in [3.63, 3.8) is 0 Å². The molecule has 5 N–H and O–H groups in total. The number of hydrogen-bond acceptors (Lipinski definition) is 19. The van der Waals surface area contributed by atoms with E-state index in [4.69, 9.17) is 34.3 Å². The molecule has 0 radical (unpaired) electrons. The second kappa shape index (κ2) is 39.4. The molecule has 0 bridgehead atoms. The van der Waals surface area contributed by atoms with Gasteiger partial charge in [-0.1, -0.05) is 32.0 Å². The molecular formula is C77H117N11O15. The van der Waals surface area contributed by atoms with Gasteiger partial charge in [0.1, 0.15) is 28.7 Å². The SMILES string of the molecule is CCC(=O)N1C[C@@H](CN)Cc2cc(C)c(C)cc21.CCC(=O)N1C[C@@H](N(NC(=O)OC(C)(C)C)C(=O)OC(C)(C)C)Cc2cc(C)c(C)cc21.CN=NC(C)(C)C.Cc1cc(CCC=O)c([N+](=O)[O-])cc1C.Cc1cc2c(cc1C)NCC(N(NC(=O)OC(C)(C)C)C(=O)OC(C)(C)C)C2.O=C=O. The number of carbonyl (C=O) groups excluding carboxylic acids is 9. The molecule has 3 aliphatic heterocycles. The number of rotatable bonds is 9. The summed E-state index contributed by atoms with van der Waals surface area (Å²) in [6, 6.07) is 15.1. The molecule has 1 unspecified atom stereocenters. The molecule has 7 rings (SSSR count). The van der Waals surface area contributed by atoms with Gasteiger partial charge in [-0.3, -0.25) is 19.7 Å². The highest BCUT2D eigenvalue weighted by Gasteiger charge is 2.39. The van der Waals surface area contributed by atoms with Crippen molar-refractivity contribution in [1.29, 1.82) is 0 Å². The lowest BCUT2D eigenvalue weighted by Gasteiger charge is -2.40. The Bertz CT molecular complexity index is 3660. The molecule has 3 aliphatic rings. The van der Waals surface area contributed by atoms with Gasteiger partial charge in [0.15, 0.2) is 0 Å². The fraction of sp³-hybridized carbons (Fsp3) is 0.584. The summed E-state index contributed by atoms with van der Waals surface area (Å²) in [4.78, 5) is 116. The number of benzene rings is 4. The summed E-state index contributed by atoms with van der Waals surface area (Å²) in [5.41, 5.74) is 24.2. The van der Waals surface area contributed by atoms with Crippen molar-refractivity contribution in [2.75, 3.05) is 48.3 Å². The van der Waals surface area contributed by atoms with Crippen molar-refractivity contribution in [1.82, 2.24) is 20.9 Å². The predicted molar refractivity (Wildman–Crippen MR) is 400 cm³/mol. The number of carbonyl (C=O) groups is 7. The van der Waals surface area contributed by atoms with Crippen LogP contribution in [0.25, 0.3) is 0 Å². The van der Waals surface area contributed by atoms with E-state index in [0.29, 0.717) is 63.1 Å². The molecule has 570 valence electrons. The molecule has 26 heteroatoms. The number of fused-ring (bicyclic) bond motifs is 3. The molecule has 0 saturated carbocycles. The number of hydrazine groups is 2. The summed E-state index contributed by atoms with van der Waals surface area (Å²) in [7, 11) is 1.69. The maximum Gasteiger partial charge on any atom is 0.429 e. The Kier molecular flexibility index (Phi) is 34.3. The van der Waals surface area contributed by atoms with Gasteiger partial charge in [0.25, 0.3) is 5.69 Å². The topological polar surface area (TPSA) is 333 Å². The van der Waals surface area contributed by atoms with Crippen LogP contribution in [0.1, 0.15) is 204 Å². The number of nitro benzene ring substituents is 1. The molecule has 0 spiro atoms. The summed E-state index contributed by atoms with van der Waals surface area (Å²) >= 11 is 0. The summed E-state index contributed by atoms with van der Waals surface area (Å²) in [6.45, 7) is 49.2. The zero-order chi connectivity index (χ0) is 79.0. The van der Waals surface area contributed by atoms with Crippen LogP contribution < -0.4 is 31.7 Å². The highest BCUT2D eigenvalue weighted by Crippen LogP contribution is 2.35. The molecule has 0 fully saturated rings. The van der Waals surface area contributed by atoms with Crippen molar-refractivity contribution in [3.8, 4) is 0 Å². The van der Waals surface area contributed by atoms with E-state index in [1.165, 1.54) is 32.8 Å². The zero-order valence-electron chi connectivity index (χ0n) is 66.0. The molecule has 3 heterocycles. The molecule has 0 aliphatic carbocycles. The highest BCUT2D eigenvalue weighted by atomic mass is 16.6. The highest BCUT2D eigenvalue weighted by molar-refractivity contribution is 5.96. The Labute approximate surface area is 610 Å². The Balaban J connectivity index is 0.000000460. The Morgan fingerprint density at radius 3 is 1.36 bits per heavy atom. The van der Waals surface area contributed by atoms with Crippen LogP contribution in [0.15, 0.2) is 58.8 Å². The first-order valence-corrected chi connectivity index (χ1v) is 34.8. The average Bonchev–Trinajstić information content (AvgIpc) is 0.786. The number of amides is 6. The third kappa shape index (κ3) is 30.7. The van der Waals surface area contributed by atoms with Gasteiger partial charge in [0, 0.05) is 74.6 Å². The van der Waals surface area contributed by atoms with Gasteiger partial charge in [-0.05, 0) is 283 Å². The maximum absolute atomic E-state index is 13.1. The summed E-state index contributed by atoms with van der Waals surface area (Å²) in [5.74, 6) is 0.522. The van der Waals surface area contributed by atoms with Crippen LogP contribution in [-0.2, 0) is 68.6 Å². The number of aldehydes is 1. The second-order valence-corrected chi connectivity index (χ2v) is 30.9. The quantitative estimate of drug-likeness (QED) is 0.0398. The summed E-state index contributed by atoms with van der Waals surface area (Å²) in [5, 5.41) is 24.0. The predicted octanol–water partition coefficient (Wildman–Crippen LogP) is 14.8. The van der Waals surface area contributed by atoms with E-state index in [-0.39, 0.29) is 41.8 Å². The first-order valence-electron chi connectivity index (χ1n) is 34.8. The number of hydrogen-bond donors (Lipinski definition) is 4. The first kappa shape index (κ1) is 89.8. The molecule has 0 aromatic heterocycles. The largest absolute Gasteiger partial charge is 0.443 e. The minimum Gasteiger partial charge on any atom is -0.443 e. The molecule has 0 saturated heterocycles. The zero-order valence-corrected chi connectivity index (χ0v) is 66.0. The van der Waals surface area contributed by atoms with Crippen molar-refractivity contribution in [2.45, 2.75) is 258 Å². The van der Waals surface area contributed by atoms with Crippen LogP contribution >= 0.6 is 0 Å². The van der Waals surface area contributed by atoms with Crippen molar-refractivity contribution >= 4 is 71.4 Å². The van der Waals surface area contributed by atoms with Gasteiger partial charge in [0.2, 0.25) is 11.8 Å². The molecule has 4 aromatic rings. The van der Waals surface area contributed by atoms with E-state index in [0.717, 1.165) is 74.7 Å². The van der Waals surface area contributed by atoms with Crippen LogP contribution in [0.2, 0.25) is 0 Å². The molecule has 4 aromatic carbocycles. The lowest BCUT2D eigenvalue weighted by Crippen LogP contribution is -2.59. The molecule has 6 amide bonds. The van der Waals surface area contributed by atoms with E-state index in [1.807, 2.05) is 72.4 Å². The normalized spacial score (nSPS) is 15.2. The number of nitrogens with one attached hydrogen (secondary N) is 3. The van der Waals surface area contributed by atoms with Crippen molar-refractivity contribution in [2.24, 2.45) is 21.9 Å². The van der Waals surface area contributed by atoms with Crippen LogP contribution in [0.5, 0.6) is 0 Å². The monoisotopic (exact) mass is 1440 g/mol. The fourth-order valence-electron chi connectivity index (χ4n) is 10.8. The van der Waals surface area contributed by atoms with E-state index in [1.54, 1.807) is 114 Å². The number of nitro groups is 1. The Morgan fingerprint density at radius 2 is 0.971 bits per heavy atom. The van der Waals surface area contributed by atoms with Crippen LogP contribution in [0, 0.1) is 71.4 Å². The number of nitrogens with zero attached hydrogens (tertiary/aromatic N) is 7. The molecule has 103 heavy (non-hydrogen) atoms. The van der Waals surface area contributed by atoms with E-state index in [9.17, 15) is 43.7 Å². The number of aryl methyl sites for hydroxylation is 9. The minimum absolute atomic E-state index is 0.00868. The van der Waals surface area contributed by atoms with E-state index < -0.39 is 57.7 Å². The number of anilines is 3. The van der Waals surface area contributed by atoms with E-state index in [2.05, 4.69) is 78.4 Å². The van der Waals surface area contributed by atoms with Gasteiger partial charge in [-0.25, -0.2) is 40.0 Å². The molecule has 3 atom stereocenters. The second-order valence-electron chi connectivity index (χ2n) is 30.9. The average molecular weight is 1440 g/mol. The number of nitrogens with two attached hydrogens (primary N) is 1. The van der Waals surface area contributed by atoms with Gasteiger partial charge in [0.05, 0.1) is 22.5 Å². The van der Waals surface area contributed by atoms with Crippen LogP contribution in [0.4, 0.5) is 41.9 Å². The van der Waals surface area contributed by atoms with Crippen LogP contribution in [0.3, 0.4) is 0 Å². The van der Waals surface area contributed by atoms with Gasteiger partial charge in [-0.2, -0.15) is 19.8 Å². The minimum atomic E-state index is -0.761. The lowest BCUT2D eigenvalue weighted by molar-refractivity contribution is -0.385. The molecular weight excluding hydrogens is 1320 g/mol. The third-order valence-corrected chi connectivity index (χ3v) is 16.0. The number of azo groups is 1. The Hall–Kier alpha value is -9.29. The summed E-state index contributed by atoms with van der Waals surface area (Å²) < 4.78 is 21.7. The molecule has 26 nitrogen and oxygen atoms in total. The Morgan fingerprint density at radius 1 is 0.592 bits per heavy atom. The standard InChI is InChI=1S/C24H37N3O5.C21H33N3O4.C15H22N2O.C11H13NO3.C5H12N2.CO2/c1-10-20(28)26-14-18(13-17-11-15(2)16(3)12-19(17)26)27(22(30)32-24(7,8)9)25-21(29)31-23(4,5)6;1-13-9-15-11-16(12-22-17(15)10-14(13)2)24(19(26)28-21(6,7)8)23-18(25)27-20(3,4)5;1-4-15(18)17-9-12(8-16)7-13-5-10(2)11(3)6-14(13)17;1-8-6-10(4-3-5-13)11(12(14)15)7-9(8)2;1-5(2,3)7-6-4;2-1-3/h11-12,18H,10,13-14H2,1-9H3,(H,25,29);9-10,16,22H,11-12H2,1-8H3,(H,23,25);5-6,12H,4,7-9,16H2,1-3H3;5-7H,3-4H2,1-2H3;1-4H3;/t18-;;12-;;;/m0.1.../s1. The van der Waals surface area contributed by atoms with Crippen molar-refractivity contribution < 1.29 is 67.0 Å². The smallest absolute Gasteiger partial charge is 0.429 e. The third-order valence-electron chi connectivity index (χ3n) is 16.0. The maximum atomic E-state index is 13.1. The van der Waals surface area contributed by atoms with Crippen molar-refractivity contribution in [3.05, 3.63) is 125 Å². The van der Waals surface area contributed by atoms with Gasteiger partial charge < -0.3 is 44.6 Å². The number of ether oxygens (including phenoxy) is 4. The van der Waals surface area contributed by atoms with Gasteiger partial charge >= 0.3 is 30.5 Å². The van der Waals surface area contributed by atoms with Crippen LogP contribution in [-0.4, -0.2) is 137 Å². The first-order chi connectivity index (χ1) is 47.5. The van der Waals surface area contributed by atoms with E-state index >= 15 is 0 Å². The van der Waals surface area contributed by atoms with Gasteiger partial charge in [-0.15, -0.1) is 0 Å².